The minimum absolute atomic E-state index is 0.237. The summed E-state index contributed by atoms with van der Waals surface area (Å²) in [6, 6.07) is 8.94. The maximum Gasteiger partial charge on any atom is -0.0132 e. The van der Waals surface area contributed by atoms with E-state index in [2.05, 4.69) is 58.5 Å². The van der Waals surface area contributed by atoms with Gasteiger partial charge in [-0.15, -0.1) is 0 Å². The van der Waals surface area contributed by atoms with Crippen molar-refractivity contribution in [1.29, 1.82) is 0 Å². The molecule has 0 aliphatic carbocycles. The fourth-order valence-electron chi connectivity index (χ4n) is 2.12. The fourth-order valence-corrected chi connectivity index (χ4v) is 2.12. The molecule has 0 fully saturated rings. The monoisotopic (exact) mass is 244 g/mol. The zero-order chi connectivity index (χ0) is 13.6. The Hall–Kier alpha value is -1.04. The highest BCUT2D eigenvalue weighted by atomic mass is 14.2. The molecular formula is C18H28. The first-order chi connectivity index (χ1) is 8.45. The smallest absolute Gasteiger partial charge is 0.0132 e. The predicted octanol–water partition coefficient (Wildman–Crippen LogP) is 5.97. The van der Waals surface area contributed by atoms with Crippen LogP contribution in [0.4, 0.5) is 0 Å². The van der Waals surface area contributed by atoms with Crippen molar-refractivity contribution in [3.8, 4) is 0 Å². The molecule has 0 unspecified atom stereocenters. The van der Waals surface area contributed by atoms with E-state index in [1.54, 1.807) is 0 Å². The number of rotatable bonds is 6. The van der Waals surface area contributed by atoms with Gasteiger partial charge in [0.1, 0.15) is 0 Å². The molecule has 1 aromatic rings. The summed E-state index contributed by atoms with van der Waals surface area (Å²) in [6.45, 7) is 13.2. The van der Waals surface area contributed by atoms with Crippen LogP contribution in [-0.4, -0.2) is 0 Å². The Bertz CT molecular complexity index is 362. The Labute approximate surface area is 113 Å². The molecule has 0 spiro atoms. The molecule has 0 aliphatic heterocycles. The second kappa shape index (κ2) is 6.78. The van der Waals surface area contributed by atoms with Crippen LogP contribution in [0.3, 0.4) is 0 Å². The summed E-state index contributed by atoms with van der Waals surface area (Å²) in [4.78, 5) is 0. The van der Waals surface area contributed by atoms with Gasteiger partial charge >= 0.3 is 0 Å². The van der Waals surface area contributed by atoms with E-state index in [1.807, 2.05) is 0 Å². The summed E-state index contributed by atoms with van der Waals surface area (Å²) in [6.07, 6.45) is 6.38. The SMILES string of the molecule is C=C(CCCCCC)c1ccc(C(C)(C)C)cc1. The maximum atomic E-state index is 4.21. The summed E-state index contributed by atoms with van der Waals surface area (Å²) in [7, 11) is 0. The molecule has 0 atom stereocenters. The third kappa shape index (κ3) is 4.68. The lowest BCUT2D eigenvalue weighted by Gasteiger charge is -2.19. The number of hydrogen-bond donors (Lipinski definition) is 0. The molecule has 100 valence electrons. The van der Waals surface area contributed by atoms with Crippen molar-refractivity contribution >= 4 is 5.57 Å². The second-order valence-electron chi connectivity index (χ2n) is 6.24. The van der Waals surface area contributed by atoms with Crippen molar-refractivity contribution in [2.45, 2.75) is 65.2 Å². The number of allylic oxidation sites excluding steroid dienone is 1. The van der Waals surface area contributed by atoms with Crippen LogP contribution in [0, 0.1) is 0 Å². The first-order valence-corrected chi connectivity index (χ1v) is 7.24. The van der Waals surface area contributed by atoms with Gasteiger partial charge < -0.3 is 0 Å². The summed E-state index contributed by atoms with van der Waals surface area (Å²) < 4.78 is 0. The zero-order valence-electron chi connectivity index (χ0n) is 12.6. The molecule has 0 nitrogen and oxygen atoms in total. The van der Waals surface area contributed by atoms with Crippen molar-refractivity contribution in [1.82, 2.24) is 0 Å². The molecule has 0 heteroatoms. The van der Waals surface area contributed by atoms with Crippen molar-refractivity contribution in [2.24, 2.45) is 0 Å². The standard InChI is InChI=1S/C18H28/c1-6-7-8-9-10-15(2)16-11-13-17(14-12-16)18(3,4)5/h11-14H,2,6-10H2,1,3-5H3. The van der Waals surface area contributed by atoms with E-state index in [1.165, 1.54) is 42.4 Å². The molecule has 0 amide bonds. The van der Waals surface area contributed by atoms with Crippen LogP contribution in [0.25, 0.3) is 5.57 Å². The van der Waals surface area contributed by atoms with E-state index in [9.17, 15) is 0 Å². The Balaban J connectivity index is 2.54. The van der Waals surface area contributed by atoms with Crippen LogP contribution in [-0.2, 0) is 5.41 Å². The van der Waals surface area contributed by atoms with Crippen LogP contribution in [0.15, 0.2) is 30.8 Å². The van der Waals surface area contributed by atoms with E-state index in [0.29, 0.717) is 0 Å². The Morgan fingerprint density at radius 1 is 1.00 bits per heavy atom. The number of hydrogen-bond acceptors (Lipinski definition) is 0. The molecule has 1 rings (SSSR count). The van der Waals surface area contributed by atoms with E-state index in [0.717, 1.165) is 6.42 Å². The third-order valence-electron chi connectivity index (χ3n) is 3.49. The lowest BCUT2D eigenvalue weighted by atomic mass is 9.86. The van der Waals surface area contributed by atoms with Gasteiger partial charge in [0.2, 0.25) is 0 Å². The Kier molecular flexibility index (Phi) is 5.65. The Morgan fingerprint density at radius 3 is 2.11 bits per heavy atom. The van der Waals surface area contributed by atoms with Gasteiger partial charge in [0.15, 0.2) is 0 Å². The quantitative estimate of drug-likeness (QED) is 0.541. The fraction of sp³-hybridized carbons (Fsp3) is 0.556. The lowest BCUT2D eigenvalue weighted by molar-refractivity contribution is 0.590. The number of benzene rings is 1. The first-order valence-electron chi connectivity index (χ1n) is 7.24. The summed E-state index contributed by atoms with van der Waals surface area (Å²) in [5.74, 6) is 0. The van der Waals surface area contributed by atoms with Gasteiger partial charge in [-0.2, -0.15) is 0 Å². The van der Waals surface area contributed by atoms with E-state index in [4.69, 9.17) is 0 Å². The van der Waals surface area contributed by atoms with E-state index >= 15 is 0 Å². The summed E-state index contributed by atoms with van der Waals surface area (Å²) in [5.41, 5.74) is 4.22. The van der Waals surface area contributed by atoms with Crippen molar-refractivity contribution in [2.75, 3.05) is 0 Å². The molecule has 0 bridgehead atoms. The van der Waals surface area contributed by atoms with Crippen LogP contribution < -0.4 is 0 Å². The third-order valence-corrected chi connectivity index (χ3v) is 3.49. The highest BCUT2D eigenvalue weighted by Crippen LogP contribution is 2.25. The van der Waals surface area contributed by atoms with Crippen molar-refractivity contribution in [3.05, 3.63) is 42.0 Å². The molecule has 18 heavy (non-hydrogen) atoms. The minimum atomic E-state index is 0.237. The van der Waals surface area contributed by atoms with Gasteiger partial charge in [-0.05, 0) is 35.0 Å². The summed E-state index contributed by atoms with van der Waals surface area (Å²) in [5, 5.41) is 0. The highest BCUT2D eigenvalue weighted by Gasteiger charge is 2.12. The van der Waals surface area contributed by atoms with Crippen molar-refractivity contribution < 1.29 is 0 Å². The number of unbranched alkanes of at least 4 members (excludes halogenated alkanes) is 3. The second-order valence-corrected chi connectivity index (χ2v) is 6.24. The van der Waals surface area contributed by atoms with Crippen LogP contribution in [0.2, 0.25) is 0 Å². The van der Waals surface area contributed by atoms with E-state index in [-0.39, 0.29) is 5.41 Å². The average Bonchev–Trinajstić information content (AvgIpc) is 2.33. The van der Waals surface area contributed by atoms with Gasteiger partial charge in [0.25, 0.3) is 0 Å². The predicted molar refractivity (Wildman–Crippen MR) is 82.9 cm³/mol. The van der Waals surface area contributed by atoms with Crippen molar-refractivity contribution in [3.63, 3.8) is 0 Å². The molecule has 0 aromatic heterocycles. The minimum Gasteiger partial charge on any atom is -0.0952 e. The average molecular weight is 244 g/mol. The molecule has 0 radical (unpaired) electrons. The molecular weight excluding hydrogens is 216 g/mol. The molecule has 0 saturated heterocycles. The van der Waals surface area contributed by atoms with Gasteiger partial charge in [0, 0.05) is 0 Å². The molecule has 0 saturated carbocycles. The largest absolute Gasteiger partial charge is 0.0952 e. The topological polar surface area (TPSA) is 0 Å². The van der Waals surface area contributed by atoms with Crippen LogP contribution >= 0.6 is 0 Å². The summed E-state index contributed by atoms with van der Waals surface area (Å²) >= 11 is 0. The van der Waals surface area contributed by atoms with Gasteiger partial charge in [-0.1, -0.05) is 77.8 Å². The van der Waals surface area contributed by atoms with Gasteiger partial charge in [0.05, 0.1) is 0 Å². The molecule has 0 N–H and O–H groups in total. The van der Waals surface area contributed by atoms with Crippen LogP contribution in [0.1, 0.15) is 70.9 Å². The van der Waals surface area contributed by atoms with Gasteiger partial charge in [-0.3, -0.25) is 0 Å². The maximum absolute atomic E-state index is 4.21. The normalized spacial score (nSPS) is 11.6. The van der Waals surface area contributed by atoms with E-state index < -0.39 is 0 Å². The lowest BCUT2D eigenvalue weighted by Crippen LogP contribution is -2.10. The Morgan fingerprint density at radius 2 is 1.61 bits per heavy atom. The molecule has 1 aromatic carbocycles. The van der Waals surface area contributed by atoms with Gasteiger partial charge in [-0.25, -0.2) is 0 Å². The zero-order valence-corrected chi connectivity index (χ0v) is 12.6. The molecule has 0 aliphatic rings. The van der Waals surface area contributed by atoms with Crippen LogP contribution in [0.5, 0.6) is 0 Å². The molecule has 0 heterocycles. The first kappa shape index (κ1) is 15.0. The highest BCUT2D eigenvalue weighted by molar-refractivity contribution is 5.63.